The third-order valence-electron chi connectivity index (χ3n) is 3.12. The summed E-state index contributed by atoms with van der Waals surface area (Å²) in [6, 6.07) is 0. The summed E-state index contributed by atoms with van der Waals surface area (Å²) in [6.45, 7) is 5.85. The van der Waals surface area contributed by atoms with Crippen LogP contribution in [0.15, 0.2) is 0 Å². The first-order valence-corrected chi connectivity index (χ1v) is 7.61. The molecule has 0 saturated heterocycles. The zero-order chi connectivity index (χ0) is 16.6. The number of nitrogens with two attached hydrogens (primary N) is 1. The number of esters is 2. The van der Waals surface area contributed by atoms with Crippen LogP contribution in [0.2, 0.25) is 0 Å². The third-order valence-corrected chi connectivity index (χ3v) is 3.12. The first-order valence-electron chi connectivity index (χ1n) is 7.61. The molecule has 130 valence electrons. The third kappa shape index (κ3) is 12.5. The van der Waals surface area contributed by atoms with Crippen LogP contribution in [0.1, 0.15) is 12.8 Å². The highest BCUT2D eigenvalue weighted by molar-refractivity contribution is 5.69. The predicted octanol–water partition coefficient (Wildman–Crippen LogP) is -1.45. The summed E-state index contributed by atoms with van der Waals surface area (Å²) in [4.78, 5) is 24.2. The van der Waals surface area contributed by atoms with Gasteiger partial charge in [0.2, 0.25) is 0 Å². The van der Waals surface area contributed by atoms with Crippen LogP contribution >= 0.6 is 0 Å². The molecule has 8 heteroatoms. The fraction of sp³-hybridized carbons (Fsp3) is 0.857. The first-order chi connectivity index (χ1) is 10.6. The maximum absolute atomic E-state index is 11.1. The van der Waals surface area contributed by atoms with E-state index >= 15 is 0 Å². The Morgan fingerprint density at radius 3 is 2.05 bits per heavy atom. The van der Waals surface area contributed by atoms with E-state index in [-0.39, 0.29) is 11.9 Å². The minimum atomic E-state index is -0.205. The molecule has 0 bridgehead atoms. The molecule has 0 rings (SSSR count). The summed E-state index contributed by atoms with van der Waals surface area (Å²) in [5.74, 6) is -0.409. The molecule has 0 amide bonds. The number of carbonyl (C=O) groups is 2. The van der Waals surface area contributed by atoms with Crippen molar-refractivity contribution < 1.29 is 19.1 Å². The molecule has 0 fully saturated rings. The molecule has 0 radical (unpaired) electrons. The fourth-order valence-corrected chi connectivity index (χ4v) is 1.83. The van der Waals surface area contributed by atoms with Gasteiger partial charge in [-0.1, -0.05) is 0 Å². The number of carbonyl (C=O) groups excluding carboxylic acids is 2. The van der Waals surface area contributed by atoms with Crippen LogP contribution in [0.3, 0.4) is 0 Å². The van der Waals surface area contributed by atoms with Gasteiger partial charge in [0.15, 0.2) is 0 Å². The SMILES string of the molecule is COC(=O)CCNCCNCCN(CCN)CCC(=O)OC. The van der Waals surface area contributed by atoms with Crippen molar-refractivity contribution in [3.8, 4) is 0 Å². The van der Waals surface area contributed by atoms with Gasteiger partial charge in [0.1, 0.15) is 0 Å². The maximum atomic E-state index is 11.1. The average Bonchev–Trinajstić information content (AvgIpc) is 2.53. The van der Waals surface area contributed by atoms with Gasteiger partial charge in [-0.15, -0.1) is 0 Å². The highest BCUT2D eigenvalue weighted by Crippen LogP contribution is 1.92. The molecule has 0 aromatic rings. The van der Waals surface area contributed by atoms with Crippen molar-refractivity contribution in [2.24, 2.45) is 5.73 Å². The highest BCUT2D eigenvalue weighted by Gasteiger charge is 2.07. The van der Waals surface area contributed by atoms with Crippen molar-refractivity contribution in [1.29, 1.82) is 0 Å². The molecule has 0 atom stereocenters. The fourth-order valence-electron chi connectivity index (χ4n) is 1.83. The van der Waals surface area contributed by atoms with E-state index in [1.165, 1.54) is 14.2 Å². The minimum absolute atomic E-state index is 0.204. The van der Waals surface area contributed by atoms with Crippen molar-refractivity contribution in [2.75, 3.05) is 66.6 Å². The van der Waals surface area contributed by atoms with E-state index in [1.54, 1.807) is 0 Å². The second-order valence-electron chi connectivity index (χ2n) is 4.78. The van der Waals surface area contributed by atoms with Crippen LogP contribution in [0.5, 0.6) is 0 Å². The Balaban J connectivity index is 3.55. The van der Waals surface area contributed by atoms with E-state index in [1.807, 2.05) is 0 Å². The van der Waals surface area contributed by atoms with Crippen LogP contribution in [-0.2, 0) is 19.1 Å². The molecule has 0 aliphatic carbocycles. The van der Waals surface area contributed by atoms with Crippen molar-refractivity contribution in [1.82, 2.24) is 15.5 Å². The van der Waals surface area contributed by atoms with Gasteiger partial charge in [-0.2, -0.15) is 0 Å². The second-order valence-corrected chi connectivity index (χ2v) is 4.78. The number of nitrogens with one attached hydrogen (secondary N) is 2. The lowest BCUT2D eigenvalue weighted by Crippen LogP contribution is -2.38. The molecule has 0 unspecified atom stereocenters. The Morgan fingerprint density at radius 2 is 1.45 bits per heavy atom. The van der Waals surface area contributed by atoms with Gasteiger partial charge in [-0.25, -0.2) is 0 Å². The number of ether oxygens (including phenoxy) is 2. The van der Waals surface area contributed by atoms with Gasteiger partial charge >= 0.3 is 11.9 Å². The van der Waals surface area contributed by atoms with Crippen LogP contribution in [0, 0.1) is 0 Å². The Kier molecular flexibility index (Phi) is 13.9. The van der Waals surface area contributed by atoms with E-state index in [0.717, 1.165) is 32.7 Å². The summed E-state index contributed by atoms with van der Waals surface area (Å²) >= 11 is 0. The molecule has 0 aromatic heterocycles. The lowest BCUT2D eigenvalue weighted by Gasteiger charge is -2.21. The number of nitrogens with zero attached hydrogens (tertiary/aromatic N) is 1. The van der Waals surface area contributed by atoms with Gasteiger partial charge in [-0.05, 0) is 0 Å². The molecular weight excluding hydrogens is 288 g/mol. The molecule has 0 aromatic carbocycles. The quantitative estimate of drug-likeness (QED) is 0.264. The van der Waals surface area contributed by atoms with Crippen molar-refractivity contribution in [2.45, 2.75) is 12.8 Å². The minimum Gasteiger partial charge on any atom is -0.469 e. The summed E-state index contributed by atoms with van der Waals surface area (Å²) in [5.41, 5.74) is 5.56. The largest absolute Gasteiger partial charge is 0.469 e. The lowest BCUT2D eigenvalue weighted by molar-refractivity contribution is -0.141. The summed E-state index contributed by atoms with van der Waals surface area (Å²) < 4.78 is 9.18. The number of hydrogen-bond donors (Lipinski definition) is 3. The molecule has 8 nitrogen and oxygen atoms in total. The monoisotopic (exact) mass is 318 g/mol. The lowest BCUT2D eigenvalue weighted by atomic mass is 10.3. The summed E-state index contributed by atoms with van der Waals surface area (Å²) in [7, 11) is 2.78. The molecule has 0 heterocycles. The predicted molar refractivity (Wildman–Crippen MR) is 84.5 cm³/mol. The summed E-state index contributed by atoms with van der Waals surface area (Å²) in [6.07, 6.45) is 0.764. The van der Waals surface area contributed by atoms with Crippen molar-refractivity contribution >= 4 is 11.9 Å². The van der Waals surface area contributed by atoms with Crippen molar-refractivity contribution in [3.63, 3.8) is 0 Å². The number of rotatable bonds is 14. The van der Waals surface area contributed by atoms with E-state index in [4.69, 9.17) is 5.73 Å². The molecular formula is C14H30N4O4. The zero-order valence-corrected chi connectivity index (χ0v) is 13.7. The molecule has 22 heavy (non-hydrogen) atoms. The normalized spacial score (nSPS) is 10.7. The van der Waals surface area contributed by atoms with E-state index in [2.05, 4.69) is 25.0 Å². The molecule has 0 spiro atoms. The van der Waals surface area contributed by atoms with Gasteiger partial charge in [0, 0.05) is 52.4 Å². The van der Waals surface area contributed by atoms with Gasteiger partial charge < -0.3 is 30.7 Å². The van der Waals surface area contributed by atoms with Gasteiger partial charge in [0.05, 0.1) is 27.1 Å². The van der Waals surface area contributed by atoms with Crippen LogP contribution in [0.25, 0.3) is 0 Å². The van der Waals surface area contributed by atoms with Crippen LogP contribution in [0.4, 0.5) is 0 Å². The molecule has 0 saturated carbocycles. The number of hydrogen-bond acceptors (Lipinski definition) is 8. The topological polar surface area (TPSA) is 106 Å². The van der Waals surface area contributed by atoms with Crippen LogP contribution < -0.4 is 16.4 Å². The summed E-state index contributed by atoms with van der Waals surface area (Å²) in [5, 5.41) is 6.45. The van der Waals surface area contributed by atoms with Gasteiger partial charge in [-0.3, -0.25) is 9.59 Å². The highest BCUT2D eigenvalue weighted by atomic mass is 16.5. The van der Waals surface area contributed by atoms with Gasteiger partial charge in [0.25, 0.3) is 0 Å². The van der Waals surface area contributed by atoms with E-state index in [9.17, 15) is 9.59 Å². The molecule has 4 N–H and O–H groups in total. The standard InChI is InChI=1S/C14H30N4O4/c1-21-13(19)3-6-16-7-8-17-9-12-18(11-5-15)10-4-14(20)22-2/h16-17H,3-12,15H2,1-2H3. The van der Waals surface area contributed by atoms with Crippen molar-refractivity contribution in [3.05, 3.63) is 0 Å². The van der Waals surface area contributed by atoms with Crippen LogP contribution in [-0.4, -0.2) is 83.4 Å². The molecule has 0 aliphatic rings. The van der Waals surface area contributed by atoms with E-state index < -0.39 is 0 Å². The maximum Gasteiger partial charge on any atom is 0.306 e. The smallest absolute Gasteiger partial charge is 0.306 e. The second kappa shape index (κ2) is 14.7. The zero-order valence-electron chi connectivity index (χ0n) is 13.7. The Hall–Kier alpha value is -1.22. The molecule has 0 aliphatic heterocycles. The Morgan fingerprint density at radius 1 is 0.864 bits per heavy atom. The Labute approximate surface area is 132 Å². The number of methoxy groups -OCH3 is 2. The first kappa shape index (κ1) is 20.8. The van der Waals surface area contributed by atoms with E-state index in [0.29, 0.717) is 32.5 Å². The Bertz CT molecular complexity index is 303. The average molecular weight is 318 g/mol.